The highest BCUT2D eigenvalue weighted by atomic mass is 16.5. The zero-order valence-electron chi connectivity index (χ0n) is 14.5. The van der Waals surface area contributed by atoms with Gasteiger partial charge in [0.2, 0.25) is 5.76 Å². The Kier molecular flexibility index (Phi) is 6.24. The molecule has 27 heavy (non-hydrogen) atoms. The first-order chi connectivity index (χ1) is 13.2. The molecule has 1 aromatic carbocycles. The molecule has 0 saturated carbocycles. The molecule has 0 aliphatic rings. The summed E-state index contributed by atoms with van der Waals surface area (Å²) in [7, 11) is 0. The maximum atomic E-state index is 11.9. The van der Waals surface area contributed by atoms with Gasteiger partial charge >= 0.3 is 5.97 Å². The molecule has 3 rings (SSSR count). The molecule has 2 heterocycles. The second kappa shape index (κ2) is 9.23. The van der Waals surface area contributed by atoms with Crippen molar-refractivity contribution in [3.63, 3.8) is 0 Å². The molecule has 0 aliphatic carbocycles. The molecule has 0 fully saturated rings. The largest absolute Gasteiger partial charge is 0.492 e. The molecule has 0 saturated heterocycles. The first kappa shape index (κ1) is 18.2. The van der Waals surface area contributed by atoms with E-state index in [1.807, 2.05) is 30.3 Å². The topological polar surface area (TPSA) is 95.6 Å². The van der Waals surface area contributed by atoms with Crippen molar-refractivity contribution in [2.75, 3.05) is 19.8 Å². The summed E-state index contributed by atoms with van der Waals surface area (Å²) in [4.78, 5) is 23.7. The maximum absolute atomic E-state index is 11.9. The Balaban J connectivity index is 1.34. The summed E-state index contributed by atoms with van der Waals surface area (Å²) in [5.74, 6) is 0.216. The number of nitrogens with one attached hydrogen (secondary N) is 1. The lowest BCUT2D eigenvalue weighted by Gasteiger charge is -2.07. The standard InChI is InChI=1S/C19H19N3O5/c23-18(20-10-12-25-15-5-2-1-3-6-15)14-26-19(24)17-8-7-16(27-17)13-22-11-4-9-21-22/h1-9,11H,10,12-14H2,(H,20,23). The fourth-order valence-electron chi connectivity index (χ4n) is 2.26. The van der Waals surface area contributed by atoms with Gasteiger partial charge in [-0.15, -0.1) is 0 Å². The van der Waals surface area contributed by atoms with Crippen LogP contribution >= 0.6 is 0 Å². The Hall–Kier alpha value is -3.55. The van der Waals surface area contributed by atoms with Crippen LogP contribution < -0.4 is 10.1 Å². The molecule has 2 aromatic heterocycles. The van der Waals surface area contributed by atoms with Gasteiger partial charge in [0.1, 0.15) is 18.1 Å². The number of ether oxygens (including phenoxy) is 2. The third-order valence-corrected chi connectivity index (χ3v) is 3.51. The monoisotopic (exact) mass is 369 g/mol. The second-order valence-corrected chi connectivity index (χ2v) is 5.56. The van der Waals surface area contributed by atoms with Crippen LogP contribution in [0.1, 0.15) is 16.3 Å². The summed E-state index contributed by atoms with van der Waals surface area (Å²) in [5, 5.41) is 6.67. The predicted octanol–water partition coefficient (Wildman–Crippen LogP) is 1.88. The van der Waals surface area contributed by atoms with E-state index >= 15 is 0 Å². The van der Waals surface area contributed by atoms with Crippen LogP contribution in [0.5, 0.6) is 5.75 Å². The minimum absolute atomic E-state index is 0.0392. The number of rotatable bonds is 9. The number of aromatic nitrogens is 2. The molecule has 0 bridgehead atoms. The van der Waals surface area contributed by atoms with Gasteiger partial charge in [0, 0.05) is 12.4 Å². The number of carbonyl (C=O) groups excluding carboxylic acids is 2. The number of nitrogens with zero attached hydrogens (tertiary/aromatic N) is 2. The number of esters is 1. The zero-order chi connectivity index (χ0) is 18.9. The van der Waals surface area contributed by atoms with Crippen LogP contribution in [0, 0.1) is 0 Å². The molecule has 8 heteroatoms. The second-order valence-electron chi connectivity index (χ2n) is 5.56. The Morgan fingerprint density at radius 1 is 1.11 bits per heavy atom. The average molecular weight is 369 g/mol. The normalized spacial score (nSPS) is 10.4. The van der Waals surface area contributed by atoms with Gasteiger partial charge in [0.15, 0.2) is 6.61 Å². The van der Waals surface area contributed by atoms with Gasteiger partial charge in [-0.25, -0.2) is 4.79 Å². The van der Waals surface area contributed by atoms with Crippen LogP contribution in [0.15, 0.2) is 65.3 Å². The Morgan fingerprint density at radius 3 is 2.74 bits per heavy atom. The molecule has 8 nitrogen and oxygen atoms in total. The van der Waals surface area contributed by atoms with E-state index in [2.05, 4.69) is 10.4 Å². The van der Waals surface area contributed by atoms with Crippen molar-refractivity contribution in [2.45, 2.75) is 6.54 Å². The van der Waals surface area contributed by atoms with Gasteiger partial charge in [-0.05, 0) is 30.3 Å². The van der Waals surface area contributed by atoms with E-state index in [0.29, 0.717) is 25.5 Å². The highest BCUT2D eigenvalue weighted by Crippen LogP contribution is 2.10. The summed E-state index contributed by atoms with van der Waals surface area (Å²) in [6.45, 7) is 0.639. The number of carbonyl (C=O) groups is 2. The van der Waals surface area contributed by atoms with Gasteiger partial charge in [0.25, 0.3) is 5.91 Å². The molecule has 1 N–H and O–H groups in total. The number of hydrogen-bond donors (Lipinski definition) is 1. The van der Waals surface area contributed by atoms with Gasteiger partial charge in [-0.1, -0.05) is 18.2 Å². The summed E-state index contributed by atoms with van der Waals surface area (Å²) >= 11 is 0. The Morgan fingerprint density at radius 2 is 1.96 bits per heavy atom. The summed E-state index contributed by atoms with van der Waals surface area (Å²) in [5.41, 5.74) is 0. The van der Waals surface area contributed by atoms with E-state index in [4.69, 9.17) is 13.9 Å². The van der Waals surface area contributed by atoms with Crippen LogP contribution in [0.4, 0.5) is 0 Å². The molecule has 0 atom stereocenters. The molecule has 1 amide bonds. The summed E-state index contributed by atoms with van der Waals surface area (Å²) in [6, 6.07) is 14.2. The minimum Gasteiger partial charge on any atom is -0.492 e. The van der Waals surface area contributed by atoms with E-state index in [0.717, 1.165) is 5.75 Å². The fourth-order valence-corrected chi connectivity index (χ4v) is 2.26. The van der Waals surface area contributed by atoms with Gasteiger partial charge in [-0.3, -0.25) is 9.48 Å². The van der Waals surface area contributed by atoms with Crippen LogP contribution in [-0.2, 0) is 16.1 Å². The maximum Gasteiger partial charge on any atom is 0.374 e. The van der Waals surface area contributed by atoms with Crippen molar-refractivity contribution in [1.29, 1.82) is 0 Å². The van der Waals surface area contributed by atoms with E-state index in [1.165, 1.54) is 6.07 Å². The van der Waals surface area contributed by atoms with Gasteiger partial charge < -0.3 is 19.2 Å². The number of hydrogen-bond acceptors (Lipinski definition) is 6. The average Bonchev–Trinajstić information content (AvgIpc) is 3.37. The van der Waals surface area contributed by atoms with E-state index in [9.17, 15) is 9.59 Å². The van der Waals surface area contributed by atoms with E-state index in [1.54, 1.807) is 29.2 Å². The molecule has 140 valence electrons. The van der Waals surface area contributed by atoms with Crippen LogP contribution in [0.2, 0.25) is 0 Å². The van der Waals surface area contributed by atoms with E-state index < -0.39 is 11.9 Å². The lowest BCUT2D eigenvalue weighted by atomic mass is 10.3. The van der Waals surface area contributed by atoms with Crippen LogP contribution in [0.25, 0.3) is 0 Å². The van der Waals surface area contributed by atoms with Crippen molar-refractivity contribution in [1.82, 2.24) is 15.1 Å². The molecule has 0 spiro atoms. The van der Waals surface area contributed by atoms with Crippen molar-refractivity contribution < 1.29 is 23.5 Å². The minimum atomic E-state index is -0.697. The first-order valence-corrected chi connectivity index (χ1v) is 8.38. The molecule has 0 unspecified atom stereocenters. The van der Waals surface area contributed by atoms with Crippen molar-refractivity contribution in [3.05, 3.63) is 72.4 Å². The van der Waals surface area contributed by atoms with Crippen LogP contribution in [-0.4, -0.2) is 41.4 Å². The first-order valence-electron chi connectivity index (χ1n) is 8.38. The fraction of sp³-hybridized carbons (Fsp3) is 0.211. The number of furan rings is 1. The van der Waals surface area contributed by atoms with Crippen molar-refractivity contribution in [3.8, 4) is 5.75 Å². The van der Waals surface area contributed by atoms with Gasteiger partial charge in [0.05, 0.1) is 13.1 Å². The molecular weight excluding hydrogens is 350 g/mol. The lowest BCUT2D eigenvalue weighted by molar-refractivity contribution is -0.124. The molecule has 3 aromatic rings. The molecule has 0 aliphatic heterocycles. The summed E-state index contributed by atoms with van der Waals surface area (Å²) < 4.78 is 17.5. The summed E-state index contributed by atoms with van der Waals surface area (Å²) in [6.07, 6.45) is 3.44. The molecular formula is C19H19N3O5. The molecule has 0 radical (unpaired) electrons. The Bertz CT molecular complexity index is 859. The van der Waals surface area contributed by atoms with Crippen LogP contribution in [0.3, 0.4) is 0 Å². The van der Waals surface area contributed by atoms with Gasteiger partial charge in [-0.2, -0.15) is 5.10 Å². The number of para-hydroxylation sites is 1. The number of benzene rings is 1. The Labute approximate surface area is 155 Å². The van der Waals surface area contributed by atoms with E-state index in [-0.39, 0.29) is 12.4 Å². The third-order valence-electron chi connectivity index (χ3n) is 3.51. The predicted molar refractivity (Wildman–Crippen MR) is 95.3 cm³/mol. The zero-order valence-corrected chi connectivity index (χ0v) is 14.5. The highest BCUT2D eigenvalue weighted by molar-refractivity contribution is 5.88. The van der Waals surface area contributed by atoms with Crippen molar-refractivity contribution in [2.24, 2.45) is 0 Å². The quantitative estimate of drug-likeness (QED) is 0.457. The SMILES string of the molecule is O=C(COC(=O)c1ccc(Cn2cccn2)o1)NCCOc1ccccc1. The number of amides is 1. The smallest absolute Gasteiger partial charge is 0.374 e. The van der Waals surface area contributed by atoms with Crippen molar-refractivity contribution >= 4 is 11.9 Å². The lowest BCUT2D eigenvalue weighted by Crippen LogP contribution is -2.32. The third kappa shape index (κ3) is 5.74. The highest BCUT2D eigenvalue weighted by Gasteiger charge is 2.14.